The first kappa shape index (κ1) is 20.2. The molecule has 3 aromatic rings. The maximum Gasteiger partial charge on any atom is 0.410 e. The van der Waals surface area contributed by atoms with E-state index in [4.69, 9.17) is 4.74 Å². The number of fused-ring (bicyclic) bond motifs is 3. The van der Waals surface area contributed by atoms with Crippen molar-refractivity contribution in [1.82, 2.24) is 9.47 Å². The number of carbonyl (C=O) groups is 1. The van der Waals surface area contributed by atoms with Gasteiger partial charge in [-0.15, -0.1) is 0 Å². The summed E-state index contributed by atoms with van der Waals surface area (Å²) in [5.74, 6) is 0. The molecule has 28 heavy (non-hydrogen) atoms. The van der Waals surface area contributed by atoms with Gasteiger partial charge >= 0.3 is 6.09 Å². The molecular weight excluding hydrogens is 352 g/mol. The number of aryl methyl sites for hydroxylation is 1. The Morgan fingerprint density at radius 3 is 2.50 bits per heavy atom. The summed E-state index contributed by atoms with van der Waals surface area (Å²) in [6, 6.07) is 14.8. The molecule has 0 atom stereocenters. The Kier molecular flexibility index (Phi) is 5.94. The Balaban J connectivity index is 1.95. The zero-order chi connectivity index (χ0) is 20.3. The number of nitrogens with zero attached hydrogens (tertiary/aromatic N) is 2. The van der Waals surface area contributed by atoms with E-state index in [1.807, 2.05) is 20.8 Å². The second kappa shape index (κ2) is 8.23. The van der Waals surface area contributed by atoms with Crippen LogP contribution in [0.5, 0.6) is 0 Å². The van der Waals surface area contributed by atoms with E-state index in [-0.39, 0.29) is 12.7 Å². The first-order valence-corrected chi connectivity index (χ1v) is 9.92. The number of hydrogen-bond acceptors (Lipinski definition) is 3. The van der Waals surface area contributed by atoms with Gasteiger partial charge in [0.05, 0.1) is 0 Å². The lowest BCUT2D eigenvalue weighted by Gasteiger charge is -2.27. The van der Waals surface area contributed by atoms with Crippen LogP contribution in [0.3, 0.4) is 0 Å². The molecule has 1 amide bonds. The standard InChI is InChI=1S/C23H30N2O3/c1-5-25-20-10-7-6-9-18(20)19-15-17(11-12-21(19)25)16-24(13-8-14-26)22(27)28-23(2,3)4/h6-7,9-12,15,26H,5,8,13-14,16H2,1-4H3. The predicted octanol–water partition coefficient (Wildman–Crippen LogP) is 4.93. The molecule has 1 N–H and O–H groups in total. The topological polar surface area (TPSA) is 54.7 Å². The smallest absolute Gasteiger partial charge is 0.410 e. The van der Waals surface area contributed by atoms with Crippen molar-refractivity contribution in [2.24, 2.45) is 0 Å². The molecule has 0 saturated heterocycles. The van der Waals surface area contributed by atoms with Gasteiger partial charge in [0.2, 0.25) is 0 Å². The molecule has 0 fully saturated rings. The van der Waals surface area contributed by atoms with Crippen LogP contribution in [-0.2, 0) is 17.8 Å². The maximum absolute atomic E-state index is 12.6. The molecule has 0 bridgehead atoms. The zero-order valence-corrected chi connectivity index (χ0v) is 17.2. The number of ether oxygens (including phenoxy) is 1. The van der Waals surface area contributed by atoms with E-state index in [1.54, 1.807) is 4.90 Å². The van der Waals surface area contributed by atoms with E-state index < -0.39 is 5.60 Å². The van der Waals surface area contributed by atoms with Gasteiger partial charge in [-0.1, -0.05) is 24.3 Å². The Morgan fingerprint density at radius 1 is 1.11 bits per heavy atom. The van der Waals surface area contributed by atoms with Crippen molar-refractivity contribution in [2.75, 3.05) is 13.2 Å². The number of carbonyl (C=O) groups excluding carboxylic acids is 1. The monoisotopic (exact) mass is 382 g/mol. The Morgan fingerprint density at radius 2 is 1.82 bits per heavy atom. The number of aliphatic hydroxyl groups is 1. The number of rotatable bonds is 6. The number of hydrogen-bond donors (Lipinski definition) is 1. The Hall–Kier alpha value is -2.53. The summed E-state index contributed by atoms with van der Waals surface area (Å²) in [5.41, 5.74) is 2.93. The van der Waals surface area contributed by atoms with E-state index in [1.165, 1.54) is 21.8 Å². The fourth-order valence-corrected chi connectivity index (χ4v) is 3.58. The molecule has 0 unspecified atom stereocenters. The average molecular weight is 383 g/mol. The second-order valence-corrected chi connectivity index (χ2v) is 8.09. The van der Waals surface area contributed by atoms with Crippen LogP contribution in [0.15, 0.2) is 42.5 Å². The van der Waals surface area contributed by atoms with Crippen LogP contribution >= 0.6 is 0 Å². The summed E-state index contributed by atoms with van der Waals surface area (Å²) in [6.45, 7) is 9.60. The highest BCUT2D eigenvalue weighted by Gasteiger charge is 2.22. The van der Waals surface area contributed by atoms with Crippen molar-refractivity contribution in [3.63, 3.8) is 0 Å². The predicted molar refractivity (Wildman–Crippen MR) is 113 cm³/mol. The Labute approximate surface area is 166 Å². The lowest BCUT2D eigenvalue weighted by Crippen LogP contribution is -2.37. The summed E-state index contributed by atoms with van der Waals surface area (Å²) in [5, 5.41) is 11.6. The molecule has 5 nitrogen and oxygen atoms in total. The van der Waals surface area contributed by atoms with E-state index in [0.29, 0.717) is 19.5 Å². The quantitative estimate of drug-likeness (QED) is 0.657. The van der Waals surface area contributed by atoms with Crippen molar-refractivity contribution >= 4 is 27.9 Å². The number of para-hydroxylation sites is 1. The molecule has 0 aliphatic heterocycles. The third-order valence-corrected chi connectivity index (χ3v) is 4.76. The van der Waals surface area contributed by atoms with Gasteiger partial charge in [-0.05, 0) is 57.9 Å². The summed E-state index contributed by atoms with van der Waals surface area (Å²) < 4.78 is 7.86. The first-order valence-electron chi connectivity index (χ1n) is 9.92. The molecule has 150 valence electrons. The molecule has 5 heteroatoms. The van der Waals surface area contributed by atoms with Crippen LogP contribution in [0, 0.1) is 0 Å². The molecule has 0 saturated carbocycles. The largest absolute Gasteiger partial charge is 0.444 e. The van der Waals surface area contributed by atoms with Gasteiger partial charge in [0, 0.05) is 48.0 Å². The number of benzene rings is 2. The number of aliphatic hydroxyl groups excluding tert-OH is 1. The van der Waals surface area contributed by atoms with Crippen molar-refractivity contribution in [1.29, 1.82) is 0 Å². The van der Waals surface area contributed by atoms with Crippen molar-refractivity contribution in [3.05, 3.63) is 48.0 Å². The SMILES string of the molecule is CCn1c2ccccc2c2cc(CN(CCCO)C(=O)OC(C)(C)C)ccc21. The van der Waals surface area contributed by atoms with Crippen molar-refractivity contribution < 1.29 is 14.6 Å². The first-order chi connectivity index (χ1) is 13.3. The van der Waals surface area contributed by atoms with Gasteiger partial charge in [0.15, 0.2) is 0 Å². The summed E-state index contributed by atoms with van der Waals surface area (Å²) in [4.78, 5) is 14.3. The van der Waals surface area contributed by atoms with E-state index in [9.17, 15) is 9.90 Å². The molecule has 0 spiro atoms. The molecular formula is C23H30N2O3. The highest BCUT2D eigenvalue weighted by atomic mass is 16.6. The lowest BCUT2D eigenvalue weighted by molar-refractivity contribution is 0.0224. The minimum atomic E-state index is -0.549. The minimum absolute atomic E-state index is 0.0440. The lowest BCUT2D eigenvalue weighted by atomic mass is 10.1. The number of aromatic nitrogens is 1. The molecule has 1 heterocycles. The van der Waals surface area contributed by atoms with Crippen LogP contribution in [0.4, 0.5) is 4.79 Å². The second-order valence-electron chi connectivity index (χ2n) is 8.09. The fourth-order valence-electron chi connectivity index (χ4n) is 3.58. The molecule has 0 aliphatic rings. The van der Waals surface area contributed by atoms with Crippen LogP contribution in [0.25, 0.3) is 21.8 Å². The molecule has 3 rings (SSSR count). The fraction of sp³-hybridized carbons (Fsp3) is 0.435. The van der Waals surface area contributed by atoms with Crippen molar-refractivity contribution in [2.45, 2.75) is 52.8 Å². The summed E-state index contributed by atoms with van der Waals surface area (Å²) >= 11 is 0. The maximum atomic E-state index is 12.6. The van der Waals surface area contributed by atoms with Gasteiger partial charge < -0.3 is 19.3 Å². The molecule has 0 aliphatic carbocycles. The van der Waals surface area contributed by atoms with Gasteiger partial charge in [-0.25, -0.2) is 4.79 Å². The highest BCUT2D eigenvalue weighted by molar-refractivity contribution is 6.08. The molecule has 2 aromatic carbocycles. The third kappa shape index (κ3) is 4.30. The Bertz CT molecular complexity index is 969. The molecule has 1 aromatic heterocycles. The van der Waals surface area contributed by atoms with Gasteiger partial charge in [-0.2, -0.15) is 0 Å². The van der Waals surface area contributed by atoms with Crippen LogP contribution < -0.4 is 0 Å². The molecule has 0 radical (unpaired) electrons. The van der Waals surface area contributed by atoms with Crippen LogP contribution in [-0.4, -0.2) is 39.4 Å². The van der Waals surface area contributed by atoms with Gasteiger partial charge in [-0.3, -0.25) is 0 Å². The van der Waals surface area contributed by atoms with E-state index >= 15 is 0 Å². The van der Waals surface area contributed by atoms with E-state index in [0.717, 1.165) is 12.1 Å². The van der Waals surface area contributed by atoms with Crippen LogP contribution in [0.1, 0.15) is 39.7 Å². The number of amides is 1. The summed E-state index contributed by atoms with van der Waals surface area (Å²) in [6.07, 6.45) is 0.174. The average Bonchev–Trinajstić information content (AvgIpc) is 2.96. The zero-order valence-electron chi connectivity index (χ0n) is 17.2. The normalized spacial score (nSPS) is 11.9. The highest BCUT2D eigenvalue weighted by Crippen LogP contribution is 2.30. The van der Waals surface area contributed by atoms with Gasteiger partial charge in [0.25, 0.3) is 0 Å². The van der Waals surface area contributed by atoms with Gasteiger partial charge in [0.1, 0.15) is 5.60 Å². The minimum Gasteiger partial charge on any atom is -0.444 e. The van der Waals surface area contributed by atoms with Crippen LogP contribution in [0.2, 0.25) is 0 Å². The summed E-state index contributed by atoms with van der Waals surface area (Å²) in [7, 11) is 0. The van der Waals surface area contributed by atoms with Crippen molar-refractivity contribution in [3.8, 4) is 0 Å². The van der Waals surface area contributed by atoms with E-state index in [2.05, 4.69) is 54.0 Å². The third-order valence-electron chi connectivity index (χ3n) is 4.76.